The number of alkyl halides is 1. The van der Waals surface area contributed by atoms with Crippen LogP contribution in [0.25, 0.3) is 0 Å². The first-order chi connectivity index (χ1) is 17.0. The number of hydrogen-bond acceptors (Lipinski definition) is 6. The Kier molecular flexibility index (Phi) is 7.14. The first-order valence-electron chi connectivity index (χ1n) is 11.1. The molecule has 4 rings (SSSR count). The molecule has 0 unspecified atom stereocenters. The monoisotopic (exact) mass is 479 g/mol. The number of nitrogens with zero attached hydrogens (tertiary/aromatic N) is 1. The molecule has 1 fully saturated rings. The Morgan fingerprint density at radius 1 is 0.971 bits per heavy atom. The van der Waals surface area contributed by atoms with Crippen molar-refractivity contribution in [2.24, 2.45) is 0 Å². The van der Waals surface area contributed by atoms with Gasteiger partial charge in [-0.1, -0.05) is 12.1 Å². The third-order valence-electron chi connectivity index (χ3n) is 5.75. The van der Waals surface area contributed by atoms with Gasteiger partial charge in [0.05, 0.1) is 14.2 Å². The maximum absolute atomic E-state index is 13.3. The Bertz CT molecular complexity index is 1210. The Balaban J connectivity index is 1.32. The minimum Gasteiger partial charge on any atom is -0.497 e. The Hall–Kier alpha value is -4.14. The van der Waals surface area contributed by atoms with Crippen molar-refractivity contribution in [3.63, 3.8) is 0 Å². The number of rotatable bonds is 10. The standard InChI is InChI=1S/C26H26FN3O5/c1-33-20-7-8-23(18(13-20)15-27)35-19-5-3-17(4-6-19)16-29-25(32)26(10-11-26)30-24(31)22-14-21(34-2)9-12-28-22/h3-9,12-14H,10-11,15-16H2,1-2H3,(H,29,32)(H,30,31). The van der Waals surface area contributed by atoms with Crippen LogP contribution in [0.4, 0.5) is 4.39 Å². The zero-order chi connectivity index (χ0) is 24.8. The molecule has 1 saturated carbocycles. The maximum Gasteiger partial charge on any atom is 0.270 e. The van der Waals surface area contributed by atoms with Crippen molar-refractivity contribution in [3.05, 3.63) is 77.6 Å². The van der Waals surface area contributed by atoms with Crippen LogP contribution in [-0.2, 0) is 18.0 Å². The van der Waals surface area contributed by atoms with Crippen molar-refractivity contribution in [2.75, 3.05) is 14.2 Å². The summed E-state index contributed by atoms with van der Waals surface area (Å²) in [5, 5.41) is 5.68. The lowest BCUT2D eigenvalue weighted by molar-refractivity contribution is -0.124. The number of nitrogens with one attached hydrogen (secondary N) is 2. The van der Waals surface area contributed by atoms with Crippen LogP contribution in [0.5, 0.6) is 23.0 Å². The van der Waals surface area contributed by atoms with E-state index in [2.05, 4.69) is 15.6 Å². The highest BCUT2D eigenvalue weighted by Crippen LogP contribution is 2.36. The van der Waals surface area contributed by atoms with Crippen LogP contribution in [0.3, 0.4) is 0 Å². The lowest BCUT2D eigenvalue weighted by Crippen LogP contribution is -2.48. The maximum atomic E-state index is 13.3. The molecule has 2 amide bonds. The molecule has 0 radical (unpaired) electrons. The molecule has 0 aliphatic heterocycles. The number of aromatic nitrogens is 1. The summed E-state index contributed by atoms with van der Waals surface area (Å²) in [6.07, 6.45) is 2.59. The number of amides is 2. The van der Waals surface area contributed by atoms with Crippen molar-refractivity contribution < 1.29 is 28.2 Å². The van der Waals surface area contributed by atoms with Crippen molar-refractivity contribution >= 4 is 11.8 Å². The third kappa shape index (κ3) is 5.68. The second-order valence-electron chi connectivity index (χ2n) is 8.15. The minimum absolute atomic E-state index is 0.187. The topological polar surface area (TPSA) is 98.8 Å². The van der Waals surface area contributed by atoms with Crippen molar-refractivity contribution in [3.8, 4) is 23.0 Å². The largest absolute Gasteiger partial charge is 0.497 e. The second kappa shape index (κ2) is 10.4. The third-order valence-corrected chi connectivity index (χ3v) is 5.75. The van der Waals surface area contributed by atoms with E-state index in [9.17, 15) is 14.0 Å². The van der Waals surface area contributed by atoms with Crippen molar-refractivity contribution in [2.45, 2.75) is 31.6 Å². The van der Waals surface area contributed by atoms with Gasteiger partial charge in [0, 0.05) is 24.4 Å². The molecular formula is C26H26FN3O5. The fourth-order valence-electron chi connectivity index (χ4n) is 3.52. The first-order valence-corrected chi connectivity index (χ1v) is 11.1. The number of carbonyl (C=O) groups is 2. The van der Waals surface area contributed by atoms with Gasteiger partial charge >= 0.3 is 0 Å². The van der Waals surface area contributed by atoms with Crippen LogP contribution < -0.4 is 24.8 Å². The van der Waals surface area contributed by atoms with E-state index in [1.165, 1.54) is 26.5 Å². The lowest BCUT2D eigenvalue weighted by Gasteiger charge is -2.17. The fraction of sp³-hybridized carbons (Fsp3) is 0.269. The van der Waals surface area contributed by atoms with Gasteiger partial charge in [-0.05, 0) is 54.8 Å². The van der Waals surface area contributed by atoms with Crippen LogP contribution in [0.1, 0.15) is 34.5 Å². The molecule has 3 aromatic rings. The molecular weight excluding hydrogens is 453 g/mol. The normalized spacial score (nSPS) is 13.5. The molecule has 2 N–H and O–H groups in total. The van der Waals surface area contributed by atoms with Gasteiger partial charge in [-0.25, -0.2) is 4.39 Å². The van der Waals surface area contributed by atoms with Gasteiger partial charge < -0.3 is 24.8 Å². The number of benzene rings is 2. The van der Waals surface area contributed by atoms with Gasteiger partial charge in [0.15, 0.2) is 0 Å². The van der Waals surface area contributed by atoms with E-state index in [0.29, 0.717) is 41.4 Å². The quantitative estimate of drug-likeness (QED) is 0.457. The molecule has 1 aliphatic carbocycles. The summed E-state index contributed by atoms with van der Waals surface area (Å²) in [6.45, 7) is -0.394. The summed E-state index contributed by atoms with van der Waals surface area (Å²) in [6, 6.07) is 15.2. The summed E-state index contributed by atoms with van der Waals surface area (Å²) in [5.41, 5.74) is 0.498. The van der Waals surface area contributed by atoms with Crippen LogP contribution in [-0.4, -0.2) is 36.6 Å². The van der Waals surface area contributed by atoms with E-state index in [4.69, 9.17) is 14.2 Å². The van der Waals surface area contributed by atoms with Gasteiger partial charge in [-0.2, -0.15) is 0 Å². The van der Waals surface area contributed by atoms with Gasteiger partial charge in [0.25, 0.3) is 5.91 Å². The first kappa shape index (κ1) is 24.0. The summed E-state index contributed by atoms with van der Waals surface area (Å²) >= 11 is 0. The van der Waals surface area contributed by atoms with E-state index in [-0.39, 0.29) is 18.1 Å². The Labute approximate surface area is 202 Å². The van der Waals surface area contributed by atoms with E-state index in [1.54, 1.807) is 36.4 Å². The van der Waals surface area contributed by atoms with Gasteiger partial charge in [-0.3, -0.25) is 14.6 Å². The van der Waals surface area contributed by atoms with Gasteiger partial charge in [0.2, 0.25) is 5.91 Å². The number of ether oxygens (including phenoxy) is 3. The Morgan fingerprint density at radius 3 is 2.31 bits per heavy atom. The highest BCUT2D eigenvalue weighted by atomic mass is 19.1. The highest BCUT2D eigenvalue weighted by Gasteiger charge is 2.51. The van der Waals surface area contributed by atoms with E-state index in [0.717, 1.165) is 5.56 Å². The predicted molar refractivity (Wildman–Crippen MR) is 126 cm³/mol. The zero-order valence-electron chi connectivity index (χ0n) is 19.5. The number of pyridine rings is 1. The molecule has 8 nitrogen and oxygen atoms in total. The summed E-state index contributed by atoms with van der Waals surface area (Å²) in [5.74, 6) is 1.34. The van der Waals surface area contributed by atoms with E-state index in [1.807, 2.05) is 12.1 Å². The summed E-state index contributed by atoms with van der Waals surface area (Å²) in [4.78, 5) is 29.4. The highest BCUT2D eigenvalue weighted by molar-refractivity contribution is 5.99. The molecule has 1 heterocycles. The number of carbonyl (C=O) groups excluding carboxylic acids is 2. The Morgan fingerprint density at radius 2 is 1.66 bits per heavy atom. The molecule has 182 valence electrons. The van der Waals surface area contributed by atoms with Crippen LogP contribution in [0, 0.1) is 0 Å². The van der Waals surface area contributed by atoms with Crippen molar-refractivity contribution in [1.29, 1.82) is 0 Å². The van der Waals surface area contributed by atoms with Crippen molar-refractivity contribution in [1.82, 2.24) is 15.6 Å². The van der Waals surface area contributed by atoms with Gasteiger partial charge in [0.1, 0.15) is 40.9 Å². The van der Waals surface area contributed by atoms with E-state index < -0.39 is 18.1 Å². The minimum atomic E-state index is -0.929. The molecule has 0 saturated heterocycles. The molecule has 0 atom stereocenters. The molecule has 2 aromatic carbocycles. The van der Waals surface area contributed by atoms with Gasteiger partial charge in [-0.15, -0.1) is 0 Å². The zero-order valence-corrected chi connectivity index (χ0v) is 19.5. The predicted octanol–water partition coefficient (Wildman–Crippen LogP) is 3.94. The molecule has 0 bridgehead atoms. The van der Waals surface area contributed by atoms with Crippen LogP contribution in [0.15, 0.2) is 60.8 Å². The number of hydrogen-bond donors (Lipinski definition) is 2. The number of methoxy groups -OCH3 is 2. The van der Waals surface area contributed by atoms with E-state index >= 15 is 0 Å². The number of halogens is 1. The molecule has 1 aliphatic rings. The van der Waals surface area contributed by atoms with Crippen LogP contribution >= 0.6 is 0 Å². The molecule has 1 aromatic heterocycles. The smallest absolute Gasteiger partial charge is 0.270 e. The second-order valence-corrected chi connectivity index (χ2v) is 8.15. The molecule has 35 heavy (non-hydrogen) atoms. The summed E-state index contributed by atoms with van der Waals surface area (Å²) < 4.78 is 29.4. The summed E-state index contributed by atoms with van der Waals surface area (Å²) in [7, 11) is 3.03. The SMILES string of the molecule is COc1ccnc(C(=O)NC2(C(=O)NCc3ccc(Oc4ccc(OC)cc4CF)cc3)CC2)c1. The average Bonchev–Trinajstić information content (AvgIpc) is 3.68. The molecule has 9 heteroatoms. The van der Waals surface area contributed by atoms with Crippen LogP contribution in [0.2, 0.25) is 0 Å². The fourth-order valence-corrected chi connectivity index (χ4v) is 3.52. The average molecular weight is 480 g/mol. The lowest BCUT2D eigenvalue weighted by atomic mass is 10.1. The molecule has 0 spiro atoms.